The fraction of sp³-hybridized carbons (Fsp3) is 0.182. The average molecular weight is 426 g/mol. The molecule has 7 nitrogen and oxygen atoms in total. The van der Waals surface area contributed by atoms with Crippen LogP contribution in [0.1, 0.15) is 11.1 Å². The highest BCUT2D eigenvalue weighted by Crippen LogP contribution is 2.23. The molecule has 0 fully saturated rings. The van der Waals surface area contributed by atoms with Crippen LogP contribution in [0.4, 0.5) is 0 Å². The lowest BCUT2D eigenvalue weighted by Crippen LogP contribution is -2.36. The van der Waals surface area contributed by atoms with Crippen molar-refractivity contribution in [2.24, 2.45) is 5.10 Å². The lowest BCUT2D eigenvalue weighted by atomic mass is 10.1. The molecule has 0 aliphatic carbocycles. The van der Waals surface area contributed by atoms with E-state index in [0.29, 0.717) is 11.3 Å². The molecule has 0 bridgehead atoms. The molecule has 0 saturated heterocycles. The number of carbonyl (C=O) groups is 1. The van der Waals surface area contributed by atoms with Gasteiger partial charge in [0, 0.05) is 12.6 Å². The van der Waals surface area contributed by atoms with E-state index in [1.165, 1.54) is 26.3 Å². The van der Waals surface area contributed by atoms with Crippen molar-refractivity contribution in [2.45, 2.75) is 11.8 Å². The number of aryl methyl sites for hydroxylation is 1. The van der Waals surface area contributed by atoms with Crippen LogP contribution >= 0.6 is 0 Å². The van der Waals surface area contributed by atoms with Gasteiger partial charge in [0.05, 0.1) is 24.8 Å². The van der Waals surface area contributed by atoms with Crippen molar-refractivity contribution in [3.8, 4) is 5.75 Å². The predicted molar refractivity (Wildman–Crippen MR) is 117 cm³/mol. The van der Waals surface area contributed by atoms with E-state index in [-0.39, 0.29) is 11.4 Å². The number of nitrogens with one attached hydrogen (secondary N) is 1. The smallest absolute Gasteiger partial charge is 0.255 e. The molecule has 0 aromatic heterocycles. The summed E-state index contributed by atoms with van der Waals surface area (Å²) >= 11 is 0. The SMILES string of the molecule is COc1ccc(S(=O)(=O)N(C)CC(=O)N/N=C/c2cccc3ccccc23)cc1C. The minimum Gasteiger partial charge on any atom is -0.496 e. The molecule has 156 valence electrons. The fourth-order valence-corrected chi connectivity index (χ4v) is 4.26. The van der Waals surface area contributed by atoms with Crippen LogP contribution in [-0.4, -0.2) is 45.5 Å². The molecule has 8 heteroatoms. The zero-order chi connectivity index (χ0) is 21.7. The Bertz CT molecular complexity index is 1200. The second kappa shape index (κ2) is 9.06. The van der Waals surface area contributed by atoms with Gasteiger partial charge in [-0.15, -0.1) is 0 Å². The number of methoxy groups -OCH3 is 1. The van der Waals surface area contributed by atoms with Gasteiger partial charge in [0.15, 0.2) is 0 Å². The Labute approximate surface area is 176 Å². The lowest BCUT2D eigenvalue weighted by Gasteiger charge is -2.17. The van der Waals surface area contributed by atoms with E-state index in [1.807, 2.05) is 42.5 Å². The highest BCUT2D eigenvalue weighted by atomic mass is 32.2. The third-order valence-corrected chi connectivity index (χ3v) is 6.46. The number of amides is 1. The van der Waals surface area contributed by atoms with Gasteiger partial charge in [0.25, 0.3) is 5.91 Å². The summed E-state index contributed by atoms with van der Waals surface area (Å²) in [4.78, 5) is 12.3. The van der Waals surface area contributed by atoms with Crippen LogP contribution in [0.3, 0.4) is 0 Å². The number of likely N-dealkylation sites (N-methyl/N-ethyl adjacent to an activating group) is 1. The number of hydrogen-bond donors (Lipinski definition) is 1. The number of fused-ring (bicyclic) bond motifs is 1. The van der Waals surface area contributed by atoms with Gasteiger partial charge in [0.2, 0.25) is 10.0 Å². The van der Waals surface area contributed by atoms with Crippen LogP contribution in [0.5, 0.6) is 5.75 Å². The van der Waals surface area contributed by atoms with Crippen molar-refractivity contribution in [3.63, 3.8) is 0 Å². The molecule has 1 amide bonds. The third kappa shape index (κ3) is 4.67. The first-order chi connectivity index (χ1) is 14.3. The number of rotatable bonds is 7. The number of sulfonamides is 1. The van der Waals surface area contributed by atoms with Crippen molar-refractivity contribution in [2.75, 3.05) is 20.7 Å². The fourth-order valence-electron chi connectivity index (χ4n) is 3.05. The van der Waals surface area contributed by atoms with E-state index in [4.69, 9.17) is 4.74 Å². The number of hydrazone groups is 1. The van der Waals surface area contributed by atoms with Gasteiger partial charge in [-0.05, 0) is 41.5 Å². The summed E-state index contributed by atoms with van der Waals surface area (Å²) in [6, 6.07) is 18.2. The summed E-state index contributed by atoms with van der Waals surface area (Å²) in [5, 5.41) is 6.04. The number of hydrogen-bond acceptors (Lipinski definition) is 5. The van der Waals surface area contributed by atoms with E-state index in [0.717, 1.165) is 20.6 Å². The van der Waals surface area contributed by atoms with Crippen LogP contribution in [0, 0.1) is 6.92 Å². The lowest BCUT2D eigenvalue weighted by molar-refractivity contribution is -0.121. The summed E-state index contributed by atoms with van der Waals surface area (Å²) in [5.74, 6) is 0.0555. The van der Waals surface area contributed by atoms with Crippen molar-refractivity contribution < 1.29 is 17.9 Å². The molecule has 3 rings (SSSR count). The Morgan fingerprint density at radius 1 is 1.13 bits per heavy atom. The molecule has 0 unspecified atom stereocenters. The van der Waals surface area contributed by atoms with E-state index < -0.39 is 15.9 Å². The van der Waals surface area contributed by atoms with Crippen LogP contribution in [0.2, 0.25) is 0 Å². The van der Waals surface area contributed by atoms with Crippen LogP contribution < -0.4 is 10.2 Å². The van der Waals surface area contributed by atoms with E-state index in [2.05, 4.69) is 10.5 Å². The molecule has 0 aliphatic heterocycles. The first kappa shape index (κ1) is 21.5. The standard InChI is InChI=1S/C22H23N3O4S/c1-16-13-19(11-12-21(16)29-3)30(27,28)25(2)15-22(26)24-23-14-18-9-6-8-17-7-4-5-10-20(17)18/h4-14H,15H2,1-3H3,(H,24,26)/b23-14+. The minimum absolute atomic E-state index is 0.0929. The highest BCUT2D eigenvalue weighted by molar-refractivity contribution is 7.89. The summed E-state index contributed by atoms with van der Waals surface area (Å²) in [6.07, 6.45) is 1.54. The maximum atomic E-state index is 12.7. The Hall–Kier alpha value is -3.23. The maximum Gasteiger partial charge on any atom is 0.255 e. The zero-order valence-electron chi connectivity index (χ0n) is 17.0. The molecule has 0 atom stereocenters. The first-order valence-corrected chi connectivity index (χ1v) is 10.7. The Kier molecular flexibility index (Phi) is 6.49. The predicted octanol–water partition coefficient (Wildman–Crippen LogP) is 2.93. The molecule has 1 N–H and O–H groups in total. The number of benzene rings is 3. The monoisotopic (exact) mass is 425 g/mol. The maximum absolute atomic E-state index is 12.7. The van der Waals surface area contributed by atoms with Crippen molar-refractivity contribution >= 4 is 32.9 Å². The van der Waals surface area contributed by atoms with Crippen molar-refractivity contribution in [1.29, 1.82) is 0 Å². The van der Waals surface area contributed by atoms with E-state index in [1.54, 1.807) is 19.2 Å². The van der Waals surface area contributed by atoms with Crippen LogP contribution in [-0.2, 0) is 14.8 Å². The molecular formula is C22H23N3O4S. The molecule has 3 aromatic carbocycles. The van der Waals surface area contributed by atoms with Gasteiger partial charge in [-0.1, -0.05) is 42.5 Å². The minimum atomic E-state index is -3.82. The second-order valence-electron chi connectivity index (χ2n) is 6.75. The molecule has 0 radical (unpaired) electrons. The molecule has 0 aliphatic rings. The van der Waals surface area contributed by atoms with Gasteiger partial charge in [-0.3, -0.25) is 4.79 Å². The topological polar surface area (TPSA) is 88.1 Å². The quantitative estimate of drug-likeness (QED) is 0.466. The highest BCUT2D eigenvalue weighted by Gasteiger charge is 2.23. The second-order valence-corrected chi connectivity index (χ2v) is 8.80. The van der Waals surface area contributed by atoms with Crippen molar-refractivity contribution in [1.82, 2.24) is 9.73 Å². The summed E-state index contributed by atoms with van der Waals surface area (Å²) in [5.41, 5.74) is 3.93. The van der Waals surface area contributed by atoms with Crippen molar-refractivity contribution in [3.05, 3.63) is 71.8 Å². The molecule has 30 heavy (non-hydrogen) atoms. The van der Waals surface area contributed by atoms with E-state index >= 15 is 0 Å². The average Bonchev–Trinajstić information content (AvgIpc) is 2.73. The molecule has 0 spiro atoms. The first-order valence-electron chi connectivity index (χ1n) is 9.23. The number of nitrogens with zero attached hydrogens (tertiary/aromatic N) is 2. The van der Waals surface area contributed by atoms with Crippen LogP contribution in [0.15, 0.2) is 70.7 Å². The third-order valence-electron chi connectivity index (χ3n) is 4.66. The summed E-state index contributed by atoms with van der Waals surface area (Å²) in [6.45, 7) is 1.40. The Morgan fingerprint density at radius 2 is 1.87 bits per heavy atom. The molecule has 0 saturated carbocycles. The van der Waals surface area contributed by atoms with Gasteiger partial charge >= 0.3 is 0 Å². The Morgan fingerprint density at radius 3 is 2.60 bits per heavy atom. The normalized spacial score (nSPS) is 11.9. The molecule has 0 heterocycles. The summed E-state index contributed by atoms with van der Waals surface area (Å²) < 4.78 is 31.6. The zero-order valence-corrected chi connectivity index (χ0v) is 17.8. The van der Waals surface area contributed by atoms with Crippen LogP contribution in [0.25, 0.3) is 10.8 Å². The molecular weight excluding hydrogens is 402 g/mol. The number of carbonyl (C=O) groups excluding carboxylic acids is 1. The van der Waals surface area contributed by atoms with Gasteiger partial charge < -0.3 is 4.74 Å². The largest absolute Gasteiger partial charge is 0.496 e. The van der Waals surface area contributed by atoms with Gasteiger partial charge in [0.1, 0.15) is 5.75 Å². The van der Waals surface area contributed by atoms with Gasteiger partial charge in [-0.2, -0.15) is 9.41 Å². The summed E-state index contributed by atoms with van der Waals surface area (Å²) in [7, 11) is -0.953. The van der Waals surface area contributed by atoms with E-state index in [9.17, 15) is 13.2 Å². The number of ether oxygens (including phenoxy) is 1. The Balaban J connectivity index is 1.66. The molecule has 3 aromatic rings. The van der Waals surface area contributed by atoms with Gasteiger partial charge in [-0.25, -0.2) is 13.8 Å².